The molecule has 0 saturated heterocycles. The molecule has 0 unspecified atom stereocenters. The minimum absolute atomic E-state index is 0.159. The highest BCUT2D eigenvalue weighted by Crippen LogP contribution is 2.29. The fourth-order valence-electron chi connectivity index (χ4n) is 2.15. The van der Waals surface area contributed by atoms with Gasteiger partial charge in [-0.1, -0.05) is 0 Å². The van der Waals surface area contributed by atoms with Gasteiger partial charge in [0.2, 0.25) is 0 Å². The van der Waals surface area contributed by atoms with Crippen LogP contribution in [0, 0.1) is 6.92 Å². The Kier molecular flexibility index (Phi) is 3.09. The van der Waals surface area contributed by atoms with Gasteiger partial charge in [-0.05, 0) is 25.1 Å². The number of aryl methyl sites for hydroxylation is 2. The molecular formula is C14H13N3O4. The monoisotopic (exact) mass is 287 g/mol. The van der Waals surface area contributed by atoms with Crippen LogP contribution in [0.1, 0.15) is 21.9 Å². The smallest absolute Gasteiger partial charge is 0.339 e. The highest BCUT2D eigenvalue weighted by atomic mass is 16.5. The maximum absolute atomic E-state index is 11.3. The zero-order valence-corrected chi connectivity index (χ0v) is 11.5. The Balaban J connectivity index is 1.89. The molecule has 7 heteroatoms. The van der Waals surface area contributed by atoms with Crippen molar-refractivity contribution in [1.29, 1.82) is 0 Å². The third-order valence-electron chi connectivity index (χ3n) is 3.06. The van der Waals surface area contributed by atoms with Crippen LogP contribution in [-0.2, 0) is 13.7 Å². The van der Waals surface area contributed by atoms with Gasteiger partial charge >= 0.3 is 5.97 Å². The lowest BCUT2D eigenvalue weighted by Gasteiger charge is -2.03. The fraction of sp³-hybridized carbons (Fsp3) is 0.214. The third-order valence-corrected chi connectivity index (χ3v) is 3.06. The van der Waals surface area contributed by atoms with Gasteiger partial charge in [0.15, 0.2) is 5.82 Å². The van der Waals surface area contributed by atoms with Gasteiger partial charge in [0.25, 0.3) is 0 Å². The van der Waals surface area contributed by atoms with E-state index in [1.165, 1.54) is 0 Å². The summed E-state index contributed by atoms with van der Waals surface area (Å²) in [4.78, 5) is 15.3. The summed E-state index contributed by atoms with van der Waals surface area (Å²) < 4.78 is 12.6. The van der Waals surface area contributed by atoms with E-state index in [4.69, 9.17) is 9.15 Å². The van der Waals surface area contributed by atoms with Crippen LogP contribution in [0.15, 0.2) is 28.9 Å². The molecule has 21 heavy (non-hydrogen) atoms. The first-order valence-electron chi connectivity index (χ1n) is 6.28. The second-order valence-corrected chi connectivity index (χ2v) is 4.62. The van der Waals surface area contributed by atoms with Crippen molar-refractivity contribution in [3.05, 3.63) is 41.7 Å². The Morgan fingerprint density at radius 1 is 1.48 bits per heavy atom. The van der Waals surface area contributed by atoms with Crippen molar-refractivity contribution in [2.45, 2.75) is 13.5 Å². The second kappa shape index (κ2) is 4.93. The van der Waals surface area contributed by atoms with Gasteiger partial charge in [-0.25, -0.2) is 9.78 Å². The van der Waals surface area contributed by atoms with Gasteiger partial charge in [-0.15, -0.1) is 0 Å². The summed E-state index contributed by atoms with van der Waals surface area (Å²) in [5, 5.41) is 13.9. The average Bonchev–Trinajstić information content (AvgIpc) is 2.98. The number of carboxylic acids is 1. The van der Waals surface area contributed by atoms with Gasteiger partial charge in [0.1, 0.15) is 35.6 Å². The molecule has 1 N–H and O–H groups in total. The van der Waals surface area contributed by atoms with Crippen molar-refractivity contribution in [3.8, 4) is 5.75 Å². The molecule has 3 rings (SSSR count). The van der Waals surface area contributed by atoms with Crippen molar-refractivity contribution in [3.63, 3.8) is 0 Å². The molecule has 0 atom stereocenters. The van der Waals surface area contributed by atoms with E-state index in [2.05, 4.69) is 10.1 Å². The average molecular weight is 287 g/mol. The van der Waals surface area contributed by atoms with E-state index in [0.29, 0.717) is 28.3 Å². The summed E-state index contributed by atoms with van der Waals surface area (Å²) in [5.41, 5.74) is 0.680. The van der Waals surface area contributed by atoms with Crippen LogP contribution < -0.4 is 4.74 Å². The van der Waals surface area contributed by atoms with Crippen molar-refractivity contribution in [2.24, 2.45) is 7.05 Å². The lowest BCUT2D eigenvalue weighted by atomic mass is 10.1. The van der Waals surface area contributed by atoms with Crippen LogP contribution in [-0.4, -0.2) is 25.8 Å². The molecule has 1 aromatic carbocycles. The lowest BCUT2D eigenvalue weighted by Crippen LogP contribution is -1.99. The standard InChI is InChI=1S/C14H13N3O4/c1-8-13(14(18)19)10-5-9(3-4-11(10)21-8)20-6-12-15-7-17(2)16-12/h3-5,7H,6H2,1-2H3,(H,18,19). The molecule has 0 saturated carbocycles. The van der Waals surface area contributed by atoms with Gasteiger partial charge < -0.3 is 14.3 Å². The first-order valence-corrected chi connectivity index (χ1v) is 6.28. The minimum Gasteiger partial charge on any atom is -0.486 e. The summed E-state index contributed by atoms with van der Waals surface area (Å²) in [6, 6.07) is 5.06. The normalized spacial score (nSPS) is 11.0. The number of aromatic nitrogens is 3. The highest BCUT2D eigenvalue weighted by Gasteiger charge is 2.17. The number of fused-ring (bicyclic) bond motifs is 1. The predicted octanol–water partition coefficient (Wildman–Crippen LogP) is 2.15. The number of benzene rings is 1. The summed E-state index contributed by atoms with van der Waals surface area (Å²) in [6.45, 7) is 1.84. The van der Waals surface area contributed by atoms with Crippen molar-refractivity contribution < 1.29 is 19.1 Å². The molecule has 2 heterocycles. The van der Waals surface area contributed by atoms with Gasteiger partial charge in [-0.2, -0.15) is 5.10 Å². The van der Waals surface area contributed by atoms with Crippen LogP contribution in [0.25, 0.3) is 11.0 Å². The Bertz CT molecular complexity index is 819. The molecule has 0 aliphatic rings. The molecule has 0 aliphatic carbocycles. The van der Waals surface area contributed by atoms with Crippen LogP contribution in [0.4, 0.5) is 0 Å². The van der Waals surface area contributed by atoms with Crippen molar-refractivity contribution >= 4 is 16.9 Å². The molecule has 0 spiro atoms. The number of rotatable bonds is 4. The Labute approximate surface area is 119 Å². The molecule has 3 aromatic rings. The maximum Gasteiger partial charge on any atom is 0.339 e. The van der Waals surface area contributed by atoms with E-state index in [-0.39, 0.29) is 12.2 Å². The van der Waals surface area contributed by atoms with E-state index in [0.717, 1.165) is 0 Å². The molecule has 2 aromatic heterocycles. The summed E-state index contributed by atoms with van der Waals surface area (Å²) in [5.74, 6) is 0.452. The molecule has 7 nitrogen and oxygen atoms in total. The number of ether oxygens (including phenoxy) is 1. The number of nitrogens with zero attached hydrogens (tertiary/aromatic N) is 3. The summed E-state index contributed by atoms with van der Waals surface area (Å²) in [6.07, 6.45) is 1.59. The highest BCUT2D eigenvalue weighted by molar-refractivity contribution is 6.03. The zero-order chi connectivity index (χ0) is 15.0. The Morgan fingerprint density at radius 2 is 2.29 bits per heavy atom. The van der Waals surface area contributed by atoms with Gasteiger partial charge in [-0.3, -0.25) is 4.68 Å². The number of carboxylic acid groups (broad SMARTS) is 1. The topological polar surface area (TPSA) is 90.4 Å². The number of carbonyl (C=O) groups is 1. The fourth-order valence-corrected chi connectivity index (χ4v) is 2.15. The molecule has 0 fully saturated rings. The minimum atomic E-state index is -1.02. The van der Waals surface area contributed by atoms with Crippen molar-refractivity contribution in [2.75, 3.05) is 0 Å². The summed E-state index contributed by atoms with van der Waals surface area (Å²) >= 11 is 0. The SMILES string of the molecule is Cc1oc2ccc(OCc3ncn(C)n3)cc2c1C(=O)O. The van der Waals surface area contributed by atoms with Crippen LogP contribution in [0.2, 0.25) is 0 Å². The third kappa shape index (κ3) is 2.45. The first kappa shape index (κ1) is 13.2. The predicted molar refractivity (Wildman–Crippen MR) is 73.2 cm³/mol. The van der Waals surface area contributed by atoms with Crippen LogP contribution >= 0.6 is 0 Å². The molecule has 0 aliphatic heterocycles. The maximum atomic E-state index is 11.3. The Morgan fingerprint density at radius 3 is 2.95 bits per heavy atom. The largest absolute Gasteiger partial charge is 0.486 e. The molecular weight excluding hydrogens is 274 g/mol. The number of hydrogen-bond donors (Lipinski definition) is 1. The van der Waals surface area contributed by atoms with Crippen molar-refractivity contribution in [1.82, 2.24) is 14.8 Å². The molecule has 108 valence electrons. The number of furan rings is 1. The van der Waals surface area contributed by atoms with Gasteiger partial charge in [0.05, 0.1) is 0 Å². The molecule has 0 amide bonds. The van der Waals surface area contributed by atoms with E-state index < -0.39 is 5.97 Å². The number of aromatic carboxylic acids is 1. The zero-order valence-electron chi connectivity index (χ0n) is 11.5. The van der Waals surface area contributed by atoms with E-state index in [9.17, 15) is 9.90 Å². The summed E-state index contributed by atoms with van der Waals surface area (Å²) in [7, 11) is 1.77. The van der Waals surface area contributed by atoms with Crippen LogP contribution in [0.5, 0.6) is 5.75 Å². The molecule has 0 radical (unpaired) electrons. The quantitative estimate of drug-likeness (QED) is 0.790. The van der Waals surface area contributed by atoms with E-state index >= 15 is 0 Å². The van der Waals surface area contributed by atoms with E-state index in [1.54, 1.807) is 43.2 Å². The van der Waals surface area contributed by atoms with Crippen LogP contribution in [0.3, 0.4) is 0 Å². The van der Waals surface area contributed by atoms with Gasteiger partial charge in [0, 0.05) is 12.4 Å². The molecule has 0 bridgehead atoms. The first-order chi connectivity index (χ1) is 10.0. The lowest BCUT2D eigenvalue weighted by molar-refractivity contribution is 0.0697. The van der Waals surface area contributed by atoms with E-state index in [1.807, 2.05) is 0 Å². The Hall–Kier alpha value is -2.83. The second-order valence-electron chi connectivity index (χ2n) is 4.62. The number of hydrogen-bond acceptors (Lipinski definition) is 5.